The summed E-state index contributed by atoms with van der Waals surface area (Å²) in [6.07, 6.45) is 10.5. The van der Waals surface area contributed by atoms with E-state index in [1.807, 2.05) is 0 Å². The third-order valence-electron chi connectivity index (χ3n) is 4.69. The predicted octanol–water partition coefficient (Wildman–Crippen LogP) is 4.18. The Hall–Kier alpha value is -0.900. The molecule has 1 heterocycles. The molecule has 1 aromatic heterocycles. The van der Waals surface area contributed by atoms with Crippen LogP contribution in [0.5, 0.6) is 0 Å². The smallest absolute Gasteiger partial charge is 0.226 e. The molecule has 1 N–H and O–H groups in total. The molecule has 0 aliphatic heterocycles. The van der Waals surface area contributed by atoms with Gasteiger partial charge in [-0.2, -0.15) is 0 Å². The lowest BCUT2D eigenvalue weighted by atomic mass is 9.93. The number of hydrogen-bond acceptors (Lipinski definition) is 3. The summed E-state index contributed by atoms with van der Waals surface area (Å²) in [7, 11) is 0. The molecule has 0 radical (unpaired) electrons. The average molecular weight is 292 g/mol. The number of anilines is 1. The van der Waals surface area contributed by atoms with Crippen LogP contribution in [-0.2, 0) is 17.6 Å². The number of thiazole rings is 1. The van der Waals surface area contributed by atoms with Gasteiger partial charge in [0, 0.05) is 11.3 Å². The number of hydrogen-bond donors (Lipinski definition) is 1. The van der Waals surface area contributed by atoms with Crippen molar-refractivity contribution >= 4 is 22.4 Å². The van der Waals surface area contributed by atoms with E-state index in [-0.39, 0.29) is 5.91 Å². The molecule has 0 aromatic carbocycles. The molecule has 2 aliphatic carbocycles. The number of carbonyl (C=O) groups is 1. The van der Waals surface area contributed by atoms with Gasteiger partial charge in [-0.3, -0.25) is 4.79 Å². The zero-order valence-electron chi connectivity index (χ0n) is 12.3. The van der Waals surface area contributed by atoms with E-state index in [0.29, 0.717) is 6.42 Å². The maximum absolute atomic E-state index is 12.0. The SMILES string of the molecule is CC1CCc2nc(NC(=O)CCC3CCCC3)sc2C1. The molecule has 2 aliphatic rings. The maximum atomic E-state index is 12.0. The largest absolute Gasteiger partial charge is 0.302 e. The summed E-state index contributed by atoms with van der Waals surface area (Å²) < 4.78 is 0. The van der Waals surface area contributed by atoms with Crippen LogP contribution < -0.4 is 5.32 Å². The minimum atomic E-state index is 0.149. The summed E-state index contributed by atoms with van der Waals surface area (Å²) >= 11 is 1.68. The first kappa shape index (κ1) is 14.1. The van der Waals surface area contributed by atoms with Crippen LogP contribution in [-0.4, -0.2) is 10.9 Å². The first-order valence-corrected chi connectivity index (χ1v) is 8.81. The van der Waals surface area contributed by atoms with Crippen LogP contribution in [0.15, 0.2) is 0 Å². The highest BCUT2D eigenvalue weighted by Gasteiger charge is 2.21. The number of nitrogens with zero attached hydrogens (tertiary/aromatic N) is 1. The highest BCUT2D eigenvalue weighted by atomic mass is 32.1. The molecule has 20 heavy (non-hydrogen) atoms. The van der Waals surface area contributed by atoms with Crippen molar-refractivity contribution in [1.82, 2.24) is 4.98 Å². The monoisotopic (exact) mass is 292 g/mol. The second-order valence-electron chi connectivity index (χ2n) is 6.47. The Kier molecular flexibility index (Phi) is 4.39. The lowest BCUT2D eigenvalue weighted by molar-refractivity contribution is -0.116. The maximum Gasteiger partial charge on any atom is 0.226 e. The third-order valence-corrected chi connectivity index (χ3v) is 5.72. The van der Waals surface area contributed by atoms with Crippen molar-refractivity contribution in [2.45, 2.75) is 64.7 Å². The van der Waals surface area contributed by atoms with Gasteiger partial charge in [-0.05, 0) is 37.5 Å². The third kappa shape index (κ3) is 3.40. The van der Waals surface area contributed by atoms with Gasteiger partial charge in [0.15, 0.2) is 5.13 Å². The van der Waals surface area contributed by atoms with Gasteiger partial charge in [0.2, 0.25) is 5.91 Å². The molecule has 110 valence electrons. The van der Waals surface area contributed by atoms with Crippen LogP contribution in [0, 0.1) is 11.8 Å². The second-order valence-corrected chi connectivity index (χ2v) is 7.56. The number of aromatic nitrogens is 1. The lowest BCUT2D eigenvalue weighted by Gasteiger charge is -2.15. The van der Waals surface area contributed by atoms with E-state index in [9.17, 15) is 4.79 Å². The predicted molar refractivity (Wildman–Crippen MR) is 83.1 cm³/mol. The zero-order valence-corrected chi connectivity index (χ0v) is 13.1. The van der Waals surface area contributed by atoms with Crippen molar-refractivity contribution in [2.24, 2.45) is 11.8 Å². The fourth-order valence-corrected chi connectivity index (χ4v) is 4.60. The molecule has 1 aromatic rings. The molecular weight excluding hydrogens is 268 g/mol. The highest BCUT2D eigenvalue weighted by molar-refractivity contribution is 7.15. The van der Waals surface area contributed by atoms with Crippen molar-refractivity contribution in [3.05, 3.63) is 10.6 Å². The molecule has 1 fully saturated rings. The van der Waals surface area contributed by atoms with E-state index < -0.39 is 0 Å². The minimum Gasteiger partial charge on any atom is -0.302 e. The summed E-state index contributed by atoms with van der Waals surface area (Å²) in [5.74, 6) is 1.69. The first-order chi connectivity index (χ1) is 9.70. The molecule has 3 rings (SSSR count). The number of nitrogens with one attached hydrogen (secondary N) is 1. The number of rotatable bonds is 4. The Morgan fingerprint density at radius 2 is 2.15 bits per heavy atom. The van der Waals surface area contributed by atoms with Crippen LogP contribution in [0.4, 0.5) is 5.13 Å². The summed E-state index contributed by atoms with van der Waals surface area (Å²) in [6, 6.07) is 0. The van der Waals surface area contributed by atoms with E-state index in [1.54, 1.807) is 11.3 Å². The number of fused-ring (bicyclic) bond motifs is 1. The first-order valence-electron chi connectivity index (χ1n) is 7.99. The summed E-state index contributed by atoms with van der Waals surface area (Å²) in [5.41, 5.74) is 1.22. The fraction of sp³-hybridized carbons (Fsp3) is 0.750. The molecule has 4 heteroatoms. The van der Waals surface area contributed by atoms with Gasteiger partial charge in [-0.25, -0.2) is 4.98 Å². The zero-order chi connectivity index (χ0) is 13.9. The van der Waals surface area contributed by atoms with E-state index in [1.165, 1.54) is 42.7 Å². The van der Waals surface area contributed by atoms with Gasteiger partial charge >= 0.3 is 0 Å². The second kappa shape index (κ2) is 6.25. The quantitative estimate of drug-likeness (QED) is 0.904. The van der Waals surface area contributed by atoms with E-state index in [2.05, 4.69) is 17.2 Å². The van der Waals surface area contributed by atoms with Gasteiger partial charge in [0.05, 0.1) is 5.69 Å². The van der Waals surface area contributed by atoms with Crippen molar-refractivity contribution in [1.29, 1.82) is 0 Å². The molecule has 1 unspecified atom stereocenters. The van der Waals surface area contributed by atoms with Crippen LogP contribution in [0.2, 0.25) is 0 Å². The van der Waals surface area contributed by atoms with E-state index >= 15 is 0 Å². The fourth-order valence-electron chi connectivity index (χ4n) is 3.41. The number of carbonyl (C=O) groups excluding carboxylic acids is 1. The molecule has 1 atom stereocenters. The van der Waals surface area contributed by atoms with E-state index in [4.69, 9.17) is 0 Å². The minimum absolute atomic E-state index is 0.149. The van der Waals surface area contributed by atoms with Crippen LogP contribution >= 0.6 is 11.3 Å². The topological polar surface area (TPSA) is 42.0 Å². The van der Waals surface area contributed by atoms with E-state index in [0.717, 1.165) is 36.2 Å². The van der Waals surface area contributed by atoms with Crippen molar-refractivity contribution in [2.75, 3.05) is 5.32 Å². The van der Waals surface area contributed by atoms with Crippen molar-refractivity contribution in [3.63, 3.8) is 0 Å². The van der Waals surface area contributed by atoms with Gasteiger partial charge in [-0.15, -0.1) is 11.3 Å². The van der Waals surface area contributed by atoms with Crippen molar-refractivity contribution in [3.8, 4) is 0 Å². The summed E-state index contributed by atoms with van der Waals surface area (Å²) in [5, 5.41) is 3.83. The Bertz CT molecular complexity index is 477. The molecule has 0 bridgehead atoms. The summed E-state index contributed by atoms with van der Waals surface area (Å²) in [6.45, 7) is 2.29. The average Bonchev–Trinajstić information content (AvgIpc) is 3.04. The summed E-state index contributed by atoms with van der Waals surface area (Å²) in [4.78, 5) is 18.0. The Labute approximate surface area is 125 Å². The number of amides is 1. The molecule has 1 amide bonds. The molecule has 0 saturated heterocycles. The Balaban J connectivity index is 1.51. The van der Waals surface area contributed by atoms with Gasteiger partial charge in [-0.1, -0.05) is 32.6 Å². The van der Waals surface area contributed by atoms with Gasteiger partial charge < -0.3 is 5.32 Å². The normalized spacial score (nSPS) is 22.8. The molecule has 3 nitrogen and oxygen atoms in total. The van der Waals surface area contributed by atoms with Gasteiger partial charge in [0.25, 0.3) is 0 Å². The lowest BCUT2D eigenvalue weighted by Crippen LogP contribution is -2.12. The standard InChI is InChI=1S/C16H24N2OS/c1-11-6-8-13-14(10-11)20-16(17-13)18-15(19)9-7-12-4-2-3-5-12/h11-12H,2-10H2,1H3,(H,17,18,19). The van der Waals surface area contributed by atoms with Crippen molar-refractivity contribution < 1.29 is 4.79 Å². The van der Waals surface area contributed by atoms with Crippen LogP contribution in [0.1, 0.15) is 62.4 Å². The van der Waals surface area contributed by atoms with Crippen LogP contribution in [0.3, 0.4) is 0 Å². The molecule has 1 saturated carbocycles. The Morgan fingerprint density at radius 3 is 2.95 bits per heavy atom. The number of aryl methyl sites for hydroxylation is 1. The van der Waals surface area contributed by atoms with Gasteiger partial charge in [0.1, 0.15) is 0 Å². The Morgan fingerprint density at radius 1 is 1.35 bits per heavy atom. The molecule has 0 spiro atoms. The van der Waals surface area contributed by atoms with Crippen LogP contribution in [0.25, 0.3) is 0 Å². The molecular formula is C16H24N2OS. The highest BCUT2D eigenvalue weighted by Crippen LogP contribution is 2.32.